The van der Waals surface area contributed by atoms with E-state index < -0.39 is 0 Å². The van der Waals surface area contributed by atoms with Crippen LogP contribution in [-0.4, -0.2) is 36.5 Å². The molecule has 2 aliphatic rings. The third kappa shape index (κ3) is 2.07. The molecule has 2 heterocycles. The molecule has 1 amide bonds. The molecule has 0 spiro atoms. The van der Waals surface area contributed by atoms with Gasteiger partial charge in [-0.2, -0.15) is 0 Å². The van der Waals surface area contributed by atoms with Crippen molar-refractivity contribution in [2.75, 3.05) is 19.6 Å². The Kier molecular flexibility index (Phi) is 2.85. The predicted molar refractivity (Wildman–Crippen MR) is 66.9 cm³/mol. The highest BCUT2D eigenvalue weighted by molar-refractivity contribution is 5.94. The fourth-order valence-electron chi connectivity index (χ4n) is 2.98. The van der Waals surface area contributed by atoms with Crippen molar-refractivity contribution >= 4 is 5.91 Å². The predicted octanol–water partition coefficient (Wildman–Crippen LogP) is 1.51. The molecule has 0 radical (unpaired) electrons. The van der Waals surface area contributed by atoms with Crippen molar-refractivity contribution in [1.29, 1.82) is 0 Å². The summed E-state index contributed by atoms with van der Waals surface area (Å²) in [5, 5.41) is 3.52. The van der Waals surface area contributed by atoms with Crippen molar-refractivity contribution in [3.05, 3.63) is 35.9 Å². The van der Waals surface area contributed by atoms with Crippen LogP contribution in [-0.2, 0) is 0 Å². The van der Waals surface area contributed by atoms with Crippen LogP contribution in [0.3, 0.4) is 0 Å². The summed E-state index contributed by atoms with van der Waals surface area (Å²) in [6.45, 7) is 2.90. The maximum absolute atomic E-state index is 12.3. The summed E-state index contributed by atoms with van der Waals surface area (Å²) >= 11 is 0. The van der Waals surface area contributed by atoms with Crippen molar-refractivity contribution in [2.24, 2.45) is 5.92 Å². The molecule has 3 heteroatoms. The smallest absolute Gasteiger partial charge is 0.253 e. The maximum atomic E-state index is 12.3. The lowest BCUT2D eigenvalue weighted by atomic mass is 9.94. The number of benzene rings is 1. The van der Waals surface area contributed by atoms with E-state index in [1.165, 1.54) is 12.8 Å². The van der Waals surface area contributed by atoms with E-state index in [0.717, 1.165) is 25.2 Å². The Labute approximate surface area is 102 Å². The molecule has 90 valence electrons. The van der Waals surface area contributed by atoms with E-state index in [2.05, 4.69) is 5.32 Å². The Morgan fingerprint density at radius 3 is 2.82 bits per heavy atom. The van der Waals surface area contributed by atoms with Crippen LogP contribution in [0.1, 0.15) is 23.2 Å². The van der Waals surface area contributed by atoms with Gasteiger partial charge in [0.2, 0.25) is 0 Å². The summed E-state index contributed by atoms with van der Waals surface area (Å²) in [7, 11) is 0. The van der Waals surface area contributed by atoms with Gasteiger partial charge in [-0.1, -0.05) is 18.2 Å². The van der Waals surface area contributed by atoms with Crippen LogP contribution in [0.5, 0.6) is 0 Å². The molecule has 0 saturated carbocycles. The van der Waals surface area contributed by atoms with Gasteiger partial charge >= 0.3 is 0 Å². The molecule has 3 rings (SSSR count). The summed E-state index contributed by atoms with van der Waals surface area (Å²) in [4.78, 5) is 14.3. The van der Waals surface area contributed by atoms with Gasteiger partial charge in [0.05, 0.1) is 0 Å². The number of fused-ring (bicyclic) bond motifs is 1. The Morgan fingerprint density at radius 2 is 2.06 bits per heavy atom. The van der Waals surface area contributed by atoms with Crippen LogP contribution in [0.2, 0.25) is 0 Å². The summed E-state index contributed by atoms with van der Waals surface area (Å²) in [6, 6.07) is 10.1. The number of carbonyl (C=O) groups is 1. The lowest BCUT2D eigenvalue weighted by Crippen LogP contribution is -2.41. The molecular weight excluding hydrogens is 212 g/mol. The highest BCUT2D eigenvalue weighted by atomic mass is 16.2. The van der Waals surface area contributed by atoms with E-state index in [-0.39, 0.29) is 5.91 Å². The second kappa shape index (κ2) is 4.49. The van der Waals surface area contributed by atoms with Gasteiger partial charge in [0.1, 0.15) is 0 Å². The minimum Gasteiger partial charge on any atom is -0.337 e. The Balaban J connectivity index is 1.72. The Morgan fingerprint density at radius 1 is 1.24 bits per heavy atom. The Bertz CT molecular complexity index is 390. The molecule has 2 saturated heterocycles. The second-order valence-corrected chi connectivity index (χ2v) is 5.04. The van der Waals surface area contributed by atoms with Gasteiger partial charge < -0.3 is 10.2 Å². The van der Waals surface area contributed by atoms with Gasteiger partial charge in [-0.3, -0.25) is 4.79 Å². The van der Waals surface area contributed by atoms with E-state index >= 15 is 0 Å². The standard InChI is InChI=1S/C14H18N2O/c17-14(11-5-2-1-3-6-11)16-9-12-7-4-8-15-13(12)10-16/h1-3,5-6,12-13,15H,4,7-10H2/t12-,13+/m0/s1. The number of rotatable bonds is 1. The molecule has 2 aliphatic heterocycles. The van der Waals surface area contributed by atoms with Crippen molar-refractivity contribution in [1.82, 2.24) is 10.2 Å². The van der Waals surface area contributed by atoms with Crippen LogP contribution in [0.4, 0.5) is 0 Å². The minimum absolute atomic E-state index is 0.182. The number of piperidine rings is 1. The zero-order valence-corrected chi connectivity index (χ0v) is 9.93. The summed E-state index contributed by atoms with van der Waals surface area (Å²) in [5.74, 6) is 0.846. The molecular formula is C14H18N2O. The fraction of sp³-hybridized carbons (Fsp3) is 0.500. The molecule has 0 aromatic heterocycles. The van der Waals surface area contributed by atoms with E-state index in [9.17, 15) is 4.79 Å². The van der Waals surface area contributed by atoms with Crippen LogP contribution in [0.25, 0.3) is 0 Å². The largest absolute Gasteiger partial charge is 0.337 e. The monoisotopic (exact) mass is 230 g/mol. The van der Waals surface area contributed by atoms with Gasteiger partial charge in [-0.15, -0.1) is 0 Å². The highest BCUT2D eigenvalue weighted by Gasteiger charge is 2.36. The third-order valence-corrected chi connectivity index (χ3v) is 3.91. The van der Waals surface area contributed by atoms with E-state index in [4.69, 9.17) is 0 Å². The lowest BCUT2D eigenvalue weighted by molar-refractivity contribution is 0.0785. The topological polar surface area (TPSA) is 32.3 Å². The van der Waals surface area contributed by atoms with E-state index in [0.29, 0.717) is 12.0 Å². The van der Waals surface area contributed by atoms with Crippen LogP contribution in [0.15, 0.2) is 30.3 Å². The third-order valence-electron chi connectivity index (χ3n) is 3.91. The molecule has 17 heavy (non-hydrogen) atoms. The van der Waals surface area contributed by atoms with Crippen LogP contribution < -0.4 is 5.32 Å². The molecule has 2 fully saturated rings. The number of likely N-dealkylation sites (tertiary alicyclic amines) is 1. The van der Waals surface area contributed by atoms with Gasteiger partial charge in [-0.05, 0) is 37.4 Å². The summed E-state index contributed by atoms with van der Waals surface area (Å²) in [5.41, 5.74) is 0.811. The Hall–Kier alpha value is -1.35. The lowest BCUT2D eigenvalue weighted by Gasteiger charge is -2.24. The van der Waals surface area contributed by atoms with Gasteiger partial charge in [0.15, 0.2) is 0 Å². The summed E-state index contributed by atoms with van der Waals surface area (Å²) in [6.07, 6.45) is 2.50. The quantitative estimate of drug-likeness (QED) is 0.793. The van der Waals surface area contributed by atoms with Crippen molar-refractivity contribution in [2.45, 2.75) is 18.9 Å². The fourth-order valence-corrected chi connectivity index (χ4v) is 2.98. The molecule has 1 aromatic carbocycles. The average Bonchev–Trinajstić information content (AvgIpc) is 2.82. The minimum atomic E-state index is 0.182. The highest BCUT2D eigenvalue weighted by Crippen LogP contribution is 2.25. The molecule has 1 aromatic rings. The van der Waals surface area contributed by atoms with Gasteiger partial charge in [0, 0.05) is 24.7 Å². The molecule has 0 unspecified atom stereocenters. The molecule has 0 bridgehead atoms. The maximum Gasteiger partial charge on any atom is 0.253 e. The number of carbonyl (C=O) groups excluding carboxylic acids is 1. The van der Waals surface area contributed by atoms with Gasteiger partial charge in [0.25, 0.3) is 5.91 Å². The molecule has 2 atom stereocenters. The average molecular weight is 230 g/mol. The molecule has 0 aliphatic carbocycles. The van der Waals surface area contributed by atoms with Crippen LogP contribution >= 0.6 is 0 Å². The number of hydrogen-bond donors (Lipinski definition) is 1. The van der Waals surface area contributed by atoms with Crippen LogP contribution in [0, 0.1) is 5.92 Å². The first-order valence-electron chi connectivity index (χ1n) is 6.42. The zero-order chi connectivity index (χ0) is 11.7. The van der Waals surface area contributed by atoms with Gasteiger partial charge in [-0.25, -0.2) is 0 Å². The van der Waals surface area contributed by atoms with Crippen molar-refractivity contribution in [3.8, 4) is 0 Å². The summed E-state index contributed by atoms with van der Waals surface area (Å²) < 4.78 is 0. The normalized spacial score (nSPS) is 27.9. The molecule has 3 nitrogen and oxygen atoms in total. The van der Waals surface area contributed by atoms with Crippen molar-refractivity contribution < 1.29 is 4.79 Å². The molecule has 1 N–H and O–H groups in total. The van der Waals surface area contributed by atoms with E-state index in [1.54, 1.807) is 0 Å². The number of nitrogens with one attached hydrogen (secondary N) is 1. The number of hydrogen-bond acceptors (Lipinski definition) is 2. The number of nitrogens with zero attached hydrogens (tertiary/aromatic N) is 1. The zero-order valence-electron chi connectivity index (χ0n) is 9.93. The first-order chi connectivity index (χ1) is 8.34. The SMILES string of the molecule is O=C(c1ccccc1)N1C[C@@H]2CCCN[C@@H]2C1. The number of amides is 1. The first kappa shape index (κ1) is 10.8. The first-order valence-corrected chi connectivity index (χ1v) is 6.42. The second-order valence-electron chi connectivity index (χ2n) is 5.04. The van der Waals surface area contributed by atoms with Crippen molar-refractivity contribution in [3.63, 3.8) is 0 Å². The van der Waals surface area contributed by atoms with E-state index in [1.807, 2.05) is 35.2 Å².